The quantitative estimate of drug-likeness (QED) is 0.833. The first kappa shape index (κ1) is 20.1. The van der Waals surface area contributed by atoms with Crippen LogP contribution in [-0.2, 0) is 14.8 Å². The van der Waals surface area contributed by atoms with Crippen molar-refractivity contribution in [2.45, 2.75) is 33.2 Å². The lowest BCUT2D eigenvalue weighted by molar-refractivity contribution is -0.136. The van der Waals surface area contributed by atoms with Gasteiger partial charge in [-0.3, -0.25) is 9.52 Å². The van der Waals surface area contributed by atoms with Gasteiger partial charge in [0.2, 0.25) is 15.9 Å². The predicted molar refractivity (Wildman–Crippen MR) is 112 cm³/mol. The van der Waals surface area contributed by atoms with E-state index >= 15 is 0 Å². The van der Waals surface area contributed by atoms with Crippen molar-refractivity contribution in [1.82, 2.24) is 5.01 Å². The molecule has 148 valence electrons. The molecule has 0 saturated heterocycles. The highest BCUT2D eigenvalue weighted by Gasteiger charge is 2.34. The van der Waals surface area contributed by atoms with Gasteiger partial charge < -0.3 is 0 Å². The molecule has 2 aromatic rings. The maximum absolute atomic E-state index is 12.8. The number of hydrogen-bond acceptors (Lipinski definition) is 4. The number of benzene rings is 2. The molecule has 6 nitrogen and oxygen atoms in total. The van der Waals surface area contributed by atoms with Crippen LogP contribution in [0.2, 0.25) is 0 Å². The SMILES string of the molecule is Cc1cccc(C2CC(c3ccccc3NS(C)(=O)=O)=NN2C(=O)C(C)C)c1. The fourth-order valence-electron chi connectivity index (χ4n) is 3.30. The lowest BCUT2D eigenvalue weighted by Crippen LogP contribution is -2.30. The molecule has 0 saturated carbocycles. The number of para-hydroxylation sites is 1. The van der Waals surface area contributed by atoms with Gasteiger partial charge in [0.25, 0.3) is 0 Å². The summed E-state index contributed by atoms with van der Waals surface area (Å²) in [5, 5.41) is 6.17. The van der Waals surface area contributed by atoms with Crippen LogP contribution in [0.1, 0.15) is 43.0 Å². The molecule has 0 fully saturated rings. The van der Waals surface area contributed by atoms with Crippen molar-refractivity contribution in [3.05, 3.63) is 65.2 Å². The Morgan fingerprint density at radius 1 is 1.18 bits per heavy atom. The zero-order valence-corrected chi connectivity index (χ0v) is 17.3. The van der Waals surface area contributed by atoms with E-state index < -0.39 is 10.0 Å². The minimum atomic E-state index is -3.43. The zero-order chi connectivity index (χ0) is 20.5. The molecule has 1 aliphatic rings. The number of rotatable bonds is 5. The van der Waals surface area contributed by atoms with Crippen LogP contribution in [0.3, 0.4) is 0 Å². The van der Waals surface area contributed by atoms with E-state index in [0.29, 0.717) is 23.4 Å². The molecule has 0 aliphatic carbocycles. The molecule has 1 aliphatic heterocycles. The summed E-state index contributed by atoms with van der Waals surface area (Å²) in [6.07, 6.45) is 1.63. The molecule has 1 unspecified atom stereocenters. The largest absolute Gasteiger partial charge is 0.283 e. The average molecular weight is 400 g/mol. The van der Waals surface area contributed by atoms with Gasteiger partial charge in [0.1, 0.15) is 0 Å². The molecule has 0 bridgehead atoms. The normalized spacial score (nSPS) is 17.0. The van der Waals surface area contributed by atoms with Crippen LogP contribution in [0.5, 0.6) is 0 Å². The third kappa shape index (κ3) is 4.42. The van der Waals surface area contributed by atoms with Crippen molar-refractivity contribution in [2.75, 3.05) is 11.0 Å². The van der Waals surface area contributed by atoms with Gasteiger partial charge in [-0.1, -0.05) is 61.9 Å². The molecule has 1 atom stereocenters. The number of anilines is 1. The van der Waals surface area contributed by atoms with E-state index in [1.165, 1.54) is 0 Å². The molecule has 1 amide bonds. The highest BCUT2D eigenvalue weighted by Crippen LogP contribution is 2.35. The molecular formula is C21H25N3O3S. The molecule has 2 aromatic carbocycles. The number of nitrogens with one attached hydrogen (secondary N) is 1. The van der Waals surface area contributed by atoms with Gasteiger partial charge in [-0.2, -0.15) is 5.10 Å². The second-order valence-corrected chi connectivity index (χ2v) is 9.19. The molecule has 28 heavy (non-hydrogen) atoms. The van der Waals surface area contributed by atoms with Crippen molar-refractivity contribution >= 4 is 27.3 Å². The van der Waals surface area contributed by atoms with Crippen LogP contribution in [0, 0.1) is 12.8 Å². The van der Waals surface area contributed by atoms with E-state index in [1.807, 2.05) is 51.1 Å². The van der Waals surface area contributed by atoms with Gasteiger partial charge in [-0.15, -0.1) is 0 Å². The standard InChI is InChI=1S/C21H25N3O3S/c1-14(2)21(25)24-20(16-9-7-8-15(3)12-16)13-19(22-24)17-10-5-6-11-18(17)23-28(4,26)27/h5-12,14,20,23H,13H2,1-4H3. The lowest BCUT2D eigenvalue weighted by Gasteiger charge is -2.23. The first-order valence-electron chi connectivity index (χ1n) is 9.20. The summed E-state index contributed by atoms with van der Waals surface area (Å²) in [4.78, 5) is 12.8. The third-order valence-electron chi connectivity index (χ3n) is 4.59. The maximum atomic E-state index is 12.8. The minimum Gasteiger partial charge on any atom is -0.283 e. The zero-order valence-electron chi connectivity index (χ0n) is 16.5. The van der Waals surface area contributed by atoms with Gasteiger partial charge in [0.05, 0.1) is 23.7 Å². The molecular weight excluding hydrogens is 374 g/mol. The Hall–Kier alpha value is -2.67. The molecule has 1 N–H and O–H groups in total. The van der Waals surface area contributed by atoms with Crippen LogP contribution in [0.4, 0.5) is 5.69 Å². The van der Waals surface area contributed by atoms with Gasteiger partial charge in [0.15, 0.2) is 0 Å². The van der Waals surface area contributed by atoms with Crippen molar-refractivity contribution in [2.24, 2.45) is 11.0 Å². The fourth-order valence-corrected chi connectivity index (χ4v) is 3.88. The number of carbonyl (C=O) groups is 1. The summed E-state index contributed by atoms with van der Waals surface area (Å²) >= 11 is 0. The summed E-state index contributed by atoms with van der Waals surface area (Å²) in [6, 6.07) is 15.0. The van der Waals surface area contributed by atoms with Gasteiger partial charge in [-0.05, 0) is 18.6 Å². The highest BCUT2D eigenvalue weighted by atomic mass is 32.2. The highest BCUT2D eigenvalue weighted by molar-refractivity contribution is 7.92. The molecule has 0 radical (unpaired) electrons. The topological polar surface area (TPSA) is 78.8 Å². The number of aryl methyl sites for hydroxylation is 1. The van der Waals surface area contributed by atoms with E-state index in [9.17, 15) is 13.2 Å². The predicted octanol–water partition coefficient (Wildman–Crippen LogP) is 3.70. The first-order valence-corrected chi connectivity index (χ1v) is 11.1. The maximum Gasteiger partial charge on any atom is 0.245 e. The molecule has 0 aromatic heterocycles. The van der Waals surface area contributed by atoms with Gasteiger partial charge >= 0.3 is 0 Å². The van der Waals surface area contributed by atoms with E-state index in [-0.39, 0.29) is 17.9 Å². The number of amides is 1. The summed E-state index contributed by atoms with van der Waals surface area (Å²) < 4.78 is 26.0. The average Bonchev–Trinajstić information content (AvgIpc) is 3.05. The van der Waals surface area contributed by atoms with E-state index in [4.69, 9.17) is 0 Å². The summed E-state index contributed by atoms with van der Waals surface area (Å²) in [5.74, 6) is -0.255. The van der Waals surface area contributed by atoms with Crippen molar-refractivity contribution in [3.63, 3.8) is 0 Å². The Labute approximate surface area is 166 Å². The van der Waals surface area contributed by atoms with Crippen molar-refractivity contribution < 1.29 is 13.2 Å². The Kier molecular flexibility index (Phi) is 5.56. The van der Waals surface area contributed by atoms with Crippen LogP contribution in [0.25, 0.3) is 0 Å². The minimum absolute atomic E-state index is 0.0601. The second-order valence-electron chi connectivity index (χ2n) is 7.44. The number of hydrogen-bond donors (Lipinski definition) is 1. The van der Waals surface area contributed by atoms with Crippen LogP contribution >= 0.6 is 0 Å². The first-order chi connectivity index (χ1) is 13.2. The summed E-state index contributed by atoms with van der Waals surface area (Å²) in [6.45, 7) is 5.71. The van der Waals surface area contributed by atoms with Crippen molar-refractivity contribution in [3.8, 4) is 0 Å². The molecule has 0 spiro atoms. The van der Waals surface area contributed by atoms with E-state index in [1.54, 1.807) is 17.1 Å². The molecule has 3 rings (SSSR count). The van der Waals surface area contributed by atoms with Crippen LogP contribution < -0.4 is 4.72 Å². The lowest BCUT2D eigenvalue weighted by atomic mass is 9.96. The van der Waals surface area contributed by atoms with E-state index in [2.05, 4.69) is 15.9 Å². The molecule has 1 heterocycles. The summed E-state index contributed by atoms with van der Waals surface area (Å²) in [7, 11) is -3.43. The van der Waals surface area contributed by atoms with Crippen LogP contribution in [0.15, 0.2) is 53.6 Å². The van der Waals surface area contributed by atoms with Crippen LogP contribution in [-0.4, -0.2) is 31.3 Å². The smallest absolute Gasteiger partial charge is 0.245 e. The monoisotopic (exact) mass is 399 g/mol. The number of carbonyl (C=O) groups excluding carboxylic acids is 1. The Morgan fingerprint density at radius 2 is 1.89 bits per heavy atom. The third-order valence-corrected chi connectivity index (χ3v) is 5.18. The molecule has 7 heteroatoms. The second kappa shape index (κ2) is 7.75. The number of hydrazone groups is 1. The fraction of sp³-hybridized carbons (Fsp3) is 0.333. The number of sulfonamides is 1. The Bertz CT molecular complexity index is 1030. The van der Waals surface area contributed by atoms with Gasteiger partial charge in [-0.25, -0.2) is 13.4 Å². The van der Waals surface area contributed by atoms with Crippen molar-refractivity contribution in [1.29, 1.82) is 0 Å². The Balaban J connectivity index is 2.04. The number of nitrogens with zero attached hydrogens (tertiary/aromatic N) is 2. The summed E-state index contributed by atoms with van der Waals surface area (Å²) in [5.41, 5.74) is 3.96. The Morgan fingerprint density at radius 3 is 2.54 bits per heavy atom. The van der Waals surface area contributed by atoms with Gasteiger partial charge in [0, 0.05) is 17.9 Å². The van der Waals surface area contributed by atoms with E-state index in [0.717, 1.165) is 17.4 Å².